The number of pyridine rings is 1. The van der Waals surface area contributed by atoms with Crippen LogP contribution in [0.1, 0.15) is 31.4 Å². The predicted molar refractivity (Wildman–Crippen MR) is 76.5 cm³/mol. The minimum atomic E-state index is 0.653. The highest BCUT2D eigenvalue weighted by Gasteiger charge is 2.24. The minimum Gasteiger partial charge on any atom is -0.325 e. The zero-order valence-electron chi connectivity index (χ0n) is 10.8. The lowest BCUT2D eigenvalue weighted by Crippen LogP contribution is -2.14. The molecule has 1 N–H and O–H groups in total. The van der Waals surface area contributed by atoms with Crippen LogP contribution < -0.4 is 5.32 Å². The average Bonchev–Trinajstić information content (AvgIpc) is 3.21. The molecule has 1 aliphatic rings. The van der Waals surface area contributed by atoms with E-state index < -0.39 is 0 Å². The molecule has 0 atom stereocenters. The molecule has 2 rings (SSSR count). The Morgan fingerprint density at radius 1 is 1.50 bits per heavy atom. The summed E-state index contributed by atoms with van der Waals surface area (Å²) in [6.07, 6.45) is 4.19. The Morgan fingerprint density at radius 3 is 2.89 bits per heavy atom. The van der Waals surface area contributed by atoms with Crippen molar-refractivity contribution < 1.29 is 0 Å². The first-order valence-electron chi connectivity index (χ1n) is 6.08. The van der Waals surface area contributed by atoms with Crippen molar-refractivity contribution in [3.63, 3.8) is 0 Å². The van der Waals surface area contributed by atoms with Crippen LogP contribution in [0.4, 0.5) is 5.82 Å². The zero-order chi connectivity index (χ0) is 13.0. The summed E-state index contributed by atoms with van der Waals surface area (Å²) in [5, 5.41) is 3.22. The highest BCUT2D eigenvalue weighted by atomic mass is 15.1. The molecule has 0 amide bonds. The molecule has 18 heavy (non-hydrogen) atoms. The van der Waals surface area contributed by atoms with E-state index in [4.69, 9.17) is 0 Å². The molecule has 1 saturated carbocycles. The summed E-state index contributed by atoms with van der Waals surface area (Å²) in [7, 11) is 1.74. The molecule has 1 heterocycles. The second-order valence-corrected chi connectivity index (χ2v) is 4.41. The van der Waals surface area contributed by atoms with E-state index in [1.807, 2.05) is 19.1 Å². The summed E-state index contributed by atoms with van der Waals surface area (Å²) in [6.45, 7) is 5.38. The zero-order valence-corrected chi connectivity index (χ0v) is 10.8. The molecule has 1 aliphatic carbocycles. The molecular weight excluding hydrogens is 224 g/mol. The van der Waals surface area contributed by atoms with E-state index in [-0.39, 0.29) is 0 Å². The van der Waals surface area contributed by atoms with E-state index in [0.717, 1.165) is 17.2 Å². The molecule has 1 aromatic heterocycles. The molecule has 0 aliphatic heterocycles. The number of anilines is 1. The van der Waals surface area contributed by atoms with Crippen molar-refractivity contribution in [3.05, 3.63) is 35.7 Å². The standard InChI is InChI=1S/C14H18N4/c1-10(9-15-2)14(16-3)18-13-6-4-5-12(17-13)11-7-8-11/h4-6,9,11H,2,7-8H2,1,3H3,(H,16,17,18)/b10-9-. The first-order valence-corrected chi connectivity index (χ1v) is 6.08. The molecule has 0 bridgehead atoms. The van der Waals surface area contributed by atoms with Crippen LogP contribution in [0, 0.1) is 0 Å². The van der Waals surface area contributed by atoms with E-state index in [0.29, 0.717) is 5.92 Å². The SMILES string of the molecule is C=N/C=C(/C)C(=NC)Nc1cccc(C2CC2)n1. The van der Waals surface area contributed by atoms with Gasteiger partial charge in [-0.1, -0.05) is 6.07 Å². The van der Waals surface area contributed by atoms with Crippen LogP contribution >= 0.6 is 0 Å². The van der Waals surface area contributed by atoms with Gasteiger partial charge in [-0.25, -0.2) is 4.98 Å². The molecule has 0 unspecified atom stereocenters. The van der Waals surface area contributed by atoms with Crippen molar-refractivity contribution in [2.45, 2.75) is 25.7 Å². The van der Waals surface area contributed by atoms with Gasteiger partial charge in [0.25, 0.3) is 0 Å². The number of aromatic nitrogens is 1. The van der Waals surface area contributed by atoms with Crippen molar-refractivity contribution in [2.24, 2.45) is 9.98 Å². The molecule has 0 spiro atoms. The number of hydrogen-bond donors (Lipinski definition) is 1. The lowest BCUT2D eigenvalue weighted by Gasteiger charge is -2.09. The minimum absolute atomic E-state index is 0.653. The van der Waals surface area contributed by atoms with Gasteiger partial charge in [-0.2, -0.15) is 0 Å². The molecule has 0 radical (unpaired) electrons. The van der Waals surface area contributed by atoms with Gasteiger partial charge in [-0.05, 0) is 38.6 Å². The fourth-order valence-electron chi connectivity index (χ4n) is 1.78. The fourth-order valence-corrected chi connectivity index (χ4v) is 1.78. The van der Waals surface area contributed by atoms with Gasteiger partial charge in [0.2, 0.25) is 0 Å². The van der Waals surface area contributed by atoms with Crippen molar-refractivity contribution in [1.29, 1.82) is 0 Å². The highest BCUT2D eigenvalue weighted by molar-refractivity contribution is 6.07. The summed E-state index contributed by atoms with van der Waals surface area (Å²) in [5.74, 6) is 2.25. The summed E-state index contributed by atoms with van der Waals surface area (Å²) in [6, 6.07) is 6.06. The molecule has 0 aromatic carbocycles. The van der Waals surface area contributed by atoms with E-state index in [9.17, 15) is 0 Å². The van der Waals surface area contributed by atoms with Crippen molar-refractivity contribution >= 4 is 18.4 Å². The lowest BCUT2D eigenvalue weighted by atomic mass is 10.2. The Bertz CT molecular complexity index is 498. The van der Waals surface area contributed by atoms with Crippen molar-refractivity contribution in [1.82, 2.24) is 4.98 Å². The van der Waals surface area contributed by atoms with Crippen LogP contribution in [0.25, 0.3) is 0 Å². The number of nitrogens with zero attached hydrogens (tertiary/aromatic N) is 3. The summed E-state index contributed by atoms with van der Waals surface area (Å²) < 4.78 is 0. The van der Waals surface area contributed by atoms with Gasteiger partial charge >= 0.3 is 0 Å². The van der Waals surface area contributed by atoms with Crippen LogP contribution in [-0.2, 0) is 0 Å². The van der Waals surface area contributed by atoms with Crippen molar-refractivity contribution in [2.75, 3.05) is 12.4 Å². The van der Waals surface area contributed by atoms with Gasteiger partial charge in [0.15, 0.2) is 0 Å². The van der Waals surface area contributed by atoms with E-state index in [1.165, 1.54) is 18.5 Å². The Kier molecular flexibility index (Phi) is 3.87. The third-order valence-electron chi connectivity index (χ3n) is 2.89. The van der Waals surface area contributed by atoms with Gasteiger partial charge < -0.3 is 5.32 Å². The van der Waals surface area contributed by atoms with Crippen LogP contribution in [0.5, 0.6) is 0 Å². The van der Waals surface area contributed by atoms with E-state index in [1.54, 1.807) is 13.2 Å². The first-order chi connectivity index (χ1) is 8.74. The smallest absolute Gasteiger partial charge is 0.131 e. The lowest BCUT2D eigenvalue weighted by molar-refractivity contribution is 1.03. The molecule has 1 fully saturated rings. The first kappa shape index (κ1) is 12.5. The fraction of sp³-hybridized carbons (Fsp3) is 0.357. The Balaban J connectivity index is 2.14. The number of amidine groups is 1. The molecule has 4 heteroatoms. The third kappa shape index (κ3) is 3.03. The normalized spacial score (nSPS) is 16.6. The molecule has 1 aromatic rings. The van der Waals surface area contributed by atoms with Gasteiger partial charge in [0.05, 0.1) is 0 Å². The van der Waals surface area contributed by atoms with Gasteiger partial charge in [-0.3, -0.25) is 9.98 Å². The number of aliphatic imine (C=N–C) groups is 2. The summed E-state index contributed by atoms with van der Waals surface area (Å²) in [4.78, 5) is 12.5. The Hall–Kier alpha value is -1.97. The van der Waals surface area contributed by atoms with Crippen LogP contribution in [0.3, 0.4) is 0 Å². The number of nitrogens with one attached hydrogen (secondary N) is 1. The molecule has 4 nitrogen and oxygen atoms in total. The molecular formula is C14H18N4. The van der Waals surface area contributed by atoms with E-state index in [2.05, 4.69) is 33.1 Å². The third-order valence-corrected chi connectivity index (χ3v) is 2.89. The van der Waals surface area contributed by atoms with Crippen LogP contribution in [-0.4, -0.2) is 24.6 Å². The highest BCUT2D eigenvalue weighted by Crippen LogP contribution is 2.39. The summed E-state index contributed by atoms with van der Waals surface area (Å²) >= 11 is 0. The maximum absolute atomic E-state index is 4.60. The Morgan fingerprint density at radius 2 is 2.28 bits per heavy atom. The van der Waals surface area contributed by atoms with Gasteiger partial charge in [0, 0.05) is 30.4 Å². The molecule has 0 saturated heterocycles. The van der Waals surface area contributed by atoms with E-state index >= 15 is 0 Å². The van der Waals surface area contributed by atoms with Crippen LogP contribution in [0.2, 0.25) is 0 Å². The maximum atomic E-state index is 4.60. The number of hydrogen-bond acceptors (Lipinski definition) is 3. The largest absolute Gasteiger partial charge is 0.325 e. The maximum Gasteiger partial charge on any atom is 0.131 e. The average molecular weight is 242 g/mol. The second kappa shape index (κ2) is 5.58. The van der Waals surface area contributed by atoms with Crippen LogP contribution in [0.15, 0.2) is 40.0 Å². The quantitative estimate of drug-likeness (QED) is 0.651. The second-order valence-electron chi connectivity index (χ2n) is 4.41. The van der Waals surface area contributed by atoms with Gasteiger partial charge in [-0.15, -0.1) is 0 Å². The monoisotopic (exact) mass is 242 g/mol. The van der Waals surface area contributed by atoms with Gasteiger partial charge in [0.1, 0.15) is 11.7 Å². The van der Waals surface area contributed by atoms with Crippen molar-refractivity contribution in [3.8, 4) is 0 Å². The number of rotatable bonds is 4. The molecule has 94 valence electrons. The predicted octanol–water partition coefficient (Wildman–Crippen LogP) is 3.00. The summed E-state index contributed by atoms with van der Waals surface area (Å²) in [5.41, 5.74) is 2.10. The Labute approximate surface area is 108 Å². The topological polar surface area (TPSA) is 49.6 Å².